The number of aryl methyl sites for hydroxylation is 3. The summed E-state index contributed by atoms with van der Waals surface area (Å²) >= 11 is 0. The maximum absolute atomic E-state index is 13.6. The van der Waals surface area contributed by atoms with Gasteiger partial charge in [-0.15, -0.1) is 5.10 Å². The lowest BCUT2D eigenvalue weighted by molar-refractivity contribution is -0.384. The number of hydrogen-bond acceptors (Lipinski definition) is 18. The highest BCUT2D eigenvalue weighted by molar-refractivity contribution is 5.89. The molecule has 2 aromatic carbocycles. The predicted octanol–water partition coefficient (Wildman–Crippen LogP) is 3.40. The fourth-order valence-corrected chi connectivity index (χ4v) is 9.11. The van der Waals surface area contributed by atoms with E-state index in [1.54, 1.807) is 41.9 Å². The summed E-state index contributed by atoms with van der Waals surface area (Å²) in [5, 5.41) is 78.2. The number of esters is 1. The smallest absolute Gasteiger partial charge is 0.338 e. The van der Waals surface area contributed by atoms with Gasteiger partial charge in [-0.1, -0.05) is 62.9 Å². The van der Waals surface area contributed by atoms with Gasteiger partial charge < -0.3 is 68.6 Å². The fraction of sp³-hybridized carbons (Fsp3) is 0.620. The van der Waals surface area contributed by atoms with Gasteiger partial charge in [0.05, 0.1) is 35.5 Å². The van der Waals surface area contributed by atoms with E-state index in [4.69, 9.17) is 33.2 Å². The van der Waals surface area contributed by atoms with Gasteiger partial charge in [0, 0.05) is 61.5 Å². The molecule has 0 radical (unpaired) electrons. The Bertz CT molecular complexity index is 2400. The normalized spacial score (nSPS) is 27.3. The lowest BCUT2D eigenvalue weighted by atomic mass is 9.96. The molecule has 2 aromatic heterocycles. The number of unbranched alkanes of at least 4 members (excludes halogenated alkanes) is 4. The maximum Gasteiger partial charge on any atom is 0.338 e. The third-order valence-corrected chi connectivity index (χ3v) is 13.5. The van der Waals surface area contributed by atoms with E-state index in [1.165, 1.54) is 18.2 Å². The second kappa shape index (κ2) is 26.7. The van der Waals surface area contributed by atoms with Crippen LogP contribution in [0, 0.1) is 16.0 Å². The summed E-state index contributed by atoms with van der Waals surface area (Å²) in [6.07, 6.45) is -8.41. The number of hydrogen-bond donors (Lipinski definition) is 6. The zero-order valence-corrected chi connectivity index (χ0v) is 41.0. The first-order chi connectivity index (χ1) is 35.2. The number of aliphatic hydroxyl groups is 4. The average Bonchev–Trinajstić information content (AvgIpc) is 4.02. The first-order valence-electron chi connectivity index (χ1n) is 25.2. The quantitative estimate of drug-likeness (QED) is 0.0254. The molecule has 13 atom stereocenters. The number of carbonyl (C=O) groups is 3. The zero-order chi connectivity index (χ0) is 52.0. The van der Waals surface area contributed by atoms with E-state index in [1.807, 2.05) is 25.4 Å². The Hall–Kier alpha value is -5.47. The van der Waals surface area contributed by atoms with Crippen molar-refractivity contribution in [3.8, 4) is 0 Å². The number of amides is 1. The number of carboxylic acid groups (broad SMARTS) is 1. The van der Waals surface area contributed by atoms with Crippen LogP contribution in [0.1, 0.15) is 94.1 Å². The van der Waals surface area contributed by atoms with Crippen LogP contribution in [-0.2, 0) is 62.3 Å². The number of rotatable bonds is 24. The summed E-state index contributed by atoms with van der Waals surface area (Å²) in [6.45, 7) is 4.69. The molecule has 4 aromatic rings. The van der Waals surface area contributed by atoms with Crippen molar-refractivity contribution >= 4 is 34.4 Å². The standard InChI is InChI=1S/C50H68N6O17/c1-3-4-5-9-16-36(46(62)63)69-44-40(58)38-29-67-48-42(60)41(59)43(61)49(73-48)70-37(28-68-50(71-38)45(44)72-47(64)31-13-7-6-8-14-31)30(2)17-20-39(57)51-22-12-15-33-27-55(53-52-33)24-11-10-23-54-25-21-32-26-34(56(65)66)18-19-35(32)54/h6-8,13-14,18-19,21,25-27,30,36-38,40-45,48-50,58-61H,3-5,9-12,15-17,20,22-24,28-29H2,1-2H3,(H,51,57)(H,62,63)/t30?,36-,37?,38?,40-,41?,42-,43?,44?,45?,48?,49+,50+/m0/s1. The maximum atomic E-state index is 13.6. The van der Waals surface area contributed by atoms with E-state index in [0.29, 0.717) is 32.4 Å². The van der Waals surface area contributed by atoms with E-state index >= 15 is 0 Å². The third kappa shape index (κ3) is 14.9. The van der Waals surface area contributed by atoms with Gasteiger partial charge in [-0.25, -0.2) is 9.59 Å². The molecule has 5 heterocycles. The van der Waals surface area contributed by atoms with Crippen LogP contribution in [0.4, 0.5) is 5.69 Å². The van der Waals surface area contributed by atoms with E-state index in [9.17, 15) is 50.0 Å². The molecule has 3 aliphatic heterocycles. The summed E-state index contributed by atoms with van der Waals surface area (Å²) in [5.41, 5.74) is 1.92. The molecule has 3 saturated heterocycles. The van der Waals surface area contributed by atoms with Crippen molar-refractivity contribution in [2.24, 2.45) is 5.92 Å². The van der Waals surface area contributed by atoms with Gasteiger partial charge in [0.1, 0.15) is 36.6 Å². The first-order valence-corrected chi connectivity index (χ1v) is 25.2. The molecule has 400 valence electrons. The number of aliphatic carboxylic acids is 1. The van der Waals surface area contributed by atoms with Gasteiger partial charge in [0.15, 0.2) is 31.1 Å². The summed E-state index contributed by atoms with van der Waals surface area (Å²) in [5.74, 6) is -2.89. The molecular weight excluding hydrogens is 957 g/mol. The number of nitro groups is 1. The lowest BCUT2D eigenvalue weighted by Gasteiger charge is -2.47. The summed E-state index contributed by atoms with van der Waals surface area (Å²) in [4.78, 5) is 50.1. The van der Waals surface area contributed by atoms with E-state index in [0.717, 1.165) is 55.2 Å². The highest BCUT2D eigenvalue weighted by Gasteiger charge is 2.53. The highest BCUT2D eigenvalue weighted by Crippen LogP contribution is 2.34. The Morgan fingerprint density at radius 3 is 2.38 bits per heavy atom. The highest BCUT2D eigenvalue weighted by atomic mass is 16.8. The van der Waals surface area contributed by atoms with Gasteiger partial charge in [-0.05, 0) is 68.7 Å². The van der Waals surface area contributed by atoms with Crippen LogP contribution in [0.3, 0.4) is 0 Å². The SMILES string of the molecule is CCCCCC[C@H](OC1C(OC(=O)c2ccccc2)[C@@H]2OCC(C(C)CCC(=O)NCCCc3cn(CCCCn4ccc5cc([N+](=O)[O-])ccc54)nn3)O[C@@H]3OC(OCC(O2)[C@@H]1O)[C@@H](O)C(O)C3O)C(=O)O. The van der Waals surface area contributed by atoms with Crippen molar-refractivity contribution < 1.29 is 78.0 Å². The number of nitro benzene ring substituents is 1. The fourth-order valence-electron chi connectivity index (χ4n) is 9.11. The Kier molecular flexibility index (Phi) is 20.2. The van der Waals surface area contributed by atoms with Crippen molar-refractivity contribution in [2.75, 3.05) is 19.8 Å². The van der Waals surface area contributed by atoms with Gasteiger partial charge in [0.2, 0.25) is 5.91 Å². The Morgan fingerprint density at radius 1 is 0.849 bits per heavy atom. The van der Waals surface area contributed by atoms with Gasteiger partial charge in [-0.3, -0.25) is 19.6 Å². The molecule has 23 nitrogen and oxygen atoms in total. The monoisotopic (exact) mass is 1020 g/mol. The van der Waals surface area contributed by atoms with Crippen LogP contribution >= 0.6 is 0 Å². The molecule has 0 aliphatic carbocycles. The van der Waals surface area contributed by atoms with Crippen LogP contribution in [0.2, 0.25) is 0 Å². The molecule has 3 aliphatic rings. The number of aromatic nitrogens is 4. The first kappa shape index (κ1) is 55.3. The number of benzene rings is 2. The number of carbonyl (C=O) groups excluding carboxylic acids is 2. The molecular formula is C50H68N6O17. The summed E-state index contributed by atoms with van der Waals surface area (Å²) in [7, 11) is 0. The van der Waals surface area contributed by atoms with Gasteiger partial charge in [-0.2, -0.15) is 0 Å². The van der Waals surface area contributed by atoms with Crippen LogP contribution in [0.5, 0.6) is 0 Å². The molecule has 4 bridgehead atoms. The topological polar surface area (TPSA) is 308 Å². The largest absolute Gasteiger partial charge is 0.479 e. The lowest BCUT2D eigenvalue weighted by Crippen LogP contribution is -2.64. The zero-order valence-electron chi connectivity index (χ0n) is 41.0. The summed E-state index contributed by atoms with van der Waals surface area (Å²) < 4.78 is 46.4. The van der Waals surface area contributed by atoms with Crippen molar-refractivity contribution in [3.63, 3.8) is 0 Å². The van der Waals surface area contributed by atoms with Crippen molar-refractivity contribution in [2.45, 2.75) is 171 Å². The minimum atomic E-state index is -1.79. The van der Waals surface area contributed by atoms with Crippen molar-refractivity contribution in [1.29, 1.82) is 0 Å². The molecule has 3 fully saturated rings. The van der Waals surface area contributed by atoms with Crippen LogP contribution in [0.25, 0.3) is 10.9 Å². The molecule has 0 saturated carbocycles. The number of ether oxygens (including phenoxy) is 7. The number of non-ortho nitro benzene ring substituents is 1. The number of nitrogens with one attached hydrogen (secondary N) is 1. The minimum absolute atomic E-state index is 0.0490. The molecule has 8 unspecified atom stereocenters. The second-order valence-electron chi connectivity index (χ2n) is 18.9. The van der Waals surface area contributed by atoms with Crippen molar-refractivity contribution in [1.82, 2.24) is 24.9 Å². The predicted molar refractivity (Wildman–Crippen MR) is 256 cm³/mol. The van der Waals surface area contributed by atoms with E-state index in [2.05, 4.69) is 20.2 Å². The molecule has 0 spiro atoms. The third-order valence-electron chi connectivity index (χ3n) is 13.5. The molecule has 1 amide bonds. The Morgan fingerprint density at radius 2 is 1.62 bits per heavy atom. The molecule has 73 heavy (non-hydrogen) atoms. The van der Waals surface area contributed by atoms with Gasteiger partial charge in [0.25, 0.3) is 5.69 Å². The minimum Gasteiger partial charge on any atom is -0.479 e. The van der Waals surface area contributed by atoms with E-state index in [-0.39, 0.29) is 43.0 Å². The van der Waals surface area contributed by atoms with Crippen LogP contribution in [-0.4, -0.2) is 161 Å². The number of aliphatic hydroxyl groups excluding tert-OH is 4. The average molecular weight is 1030 g/mol. The number of nitrogens with zero attached hydrogens (tertiary/aromatic N) is 5. The molecule has 23 heteroatoms. The second-order valence-corrected chi connectivity index (χ2v) is 18.9. The Labute approximate surface area is 421 Å². The van der Waals surface area contributed by atoms with Crippen molar-refractivity contribution in [3.05, 3.63) is 88.4 Å². The van der Waals surface area contributed by atoms with Crippen LogP contribution < -0.4 is 5.32 Å². The molecule has 7 rings (SSSR count). The van der Waals surface area contributed by atoms with E-state index < -0.39 is 103 Å². The number of carboxylic acids is 1. The van der Waals surface area contributed by atoms with Gasteiger partial charge >= 0.3 is 11.9 Å². The summed E-state index contributed by atoms with van der Waals surface area (Å²) in [6, 6.07) is 14.7. The molecule has 6 N–H and O–H groups in total. The Balaban J connectivity index is 0.953. The van der Waals surface area contributed by atoms with Crippen LogP contribution in [0.15, 0.2) is 67.0 Å². The number of fused-ring (bicyclic) bond motifs is 5.